The highest BCUT2D eigenvalue weighted by atomic mass is 31.2. The maximum Gasteiger partial charge on any atom is 0.391 e. The summed E-state index contributed by atoms with van der Waals surface area (Å²) in [4.78, 5) is 19.6. The van der Waals surface area contributed by atoms with Crippen LogP contribution in [0.1, 0.15) is 101 Å². The summed E-state index contributed by atoms with van der Waals surface area (Å²) in [6.07, 6.45) is 0. The van der Waals surface area contributed by atoms with Crippen molar-refractivity contribution in [3.8, 4) is 28.0 Å². The van der Waals surface area contributed by atoms with Crippen LogP contribution in [0.5, 0.6) is 5.75 Å². The molecule has 2 N–H and O–H groups in total. The van der Waals surface area contributed by atoms with E-state index in [9.17, 15) is 9.79 Å². The second kappa shape index (κ2) is 11.0. The van der Waals surface area contributed by atoms with Crippen LogP contribution >= 0.6 is 8.60 Å². The third-order valence-electron chi connectivity index (χ3n) is 6.46. The van der Waals surface area contributed by atoms with Gasteiger partial charge in [-0.15, -0.1) is 0 Å². The van der Waals surface area contributed by atoms with E-state index in [1.165, 1.54) is 16.7 Å². The minimum Gasteiger partial charge on any atom is -0.427 e. The molecule has 3 aromatic rings. The smallest absolute Gasteiger partial charge is 0.391 e. The second-order valence-electron chi connectivity index (χ2n) is 10.3. The van der Waals surface area contributed by atoms with Gasteiger partial charge < -0.3 is 14.3 Å². The lowest BCUT2D eigenvalue weighted by Gasteiger charge is -2.27. The van der Waals surface area contributed by atoms with Gasteiger partial charge in [0.25, 0.3) is 0 Å². The predicted molar refractivity (Wildman–Crippen MR) is 146 cm³/mol. The van der Waals surface area contributed by atoms with Gasteiger partial charge in [-0.05, 0) is 68.7 Å². The van der Waals surface area contributed by atoms with Gasteiger partial charge in [0.2, 0.25) is 0 Å². The summed E-state index contributed by atoms with van der Waals surface area (Å²) >= 11 is 0. The number of rotatable bonds is 8. The van der Waals surface area contributed by atoms with Crippen LogP contribution in [0.25, 0.3) is 22.3 Å². The average Bonchev–Trinajstić information content (AvgIpc) is 2.77. The first-order valence-electron chi connectivity index (χ1n) is 12.3. The Bertz CT molecular complexity index is 1100. The van der Waals surface area contributed by atoms with E-state index in [0.717, 1.165) is 27.8 Å². The van der Waals surface area contributed by atoms with Crippen LogP contribution in [0.2, 0.25) is 0 Å². The first-order valence-corrected chi connectivity index (χ1v) is 13.4. The summed E-state index contributed by atoms with van der Waals surface area (Å²) in [5.41, 5.74) is 9.30. The molecule has 3 rings (SSSR count). The zero-order valence-corrected chi connectivity index (χ0v) is 22.6. The lowest BCUT2D eigenvalue weighted by molar-refractivity contribution is 0.373. The van der Waals surface area contributed by atoms with Crippen molar-refractivity contribution in [1.82, 2.24) is 0 Å². The Balaban J connectivity index is 2.38. The van der Waals surface area contributed by atoms with Gasteiger partial charge in [-0.2, -0.15) is 0 Å². The molecule has 0 atom stereocenters. The summed E-state index contributed by atoms with van der Waals surface area (Å²) in [6.45, 7) is 17.5. The molecule has 0 amide bonds. The van der Waals surface area contributed by atoms with Crippen molar-refractivity contribution in [2.75, 3.05) is 0 Å². The highest BCUT2D eigenvalue weighted by Crippen LogP contribution is 2.49. The first kappa shape index (κ1) is 26.4. The van der Waals surface area contributed by atoms with Crippen molar-refractivity contribution in [1.29, 1.82) is 0 Å². The zero-order chi connectivity index (χ0) is 25.2. The van der Waals surface area contributed by atoms with Crippen molar-refractivity contribution >= 4 is 8.60 Å². The van der Waals surface area contributed by atoms with Crippen LogP contribution in [0.15, 0.2) is 54.6 Å². The maximum absolute atomic E-state index is 9.81. The van der Waals surface area contributed by atoms with Crippen LogP contribution in [-0.4, -0.2) is 9.79 Å². The first-order chi connectivity index (χ1) is 16.0. The summed E-state index contributed by atoms with van der Waals surface area (Å²) in [5.74, 6) is 1.86. The molecule has 34 heavy (non-hydrogen) atoms. The molecular formula is C30H39O3P. The van der Waals surface area contributed by atoms with Crippen molar-refractivity contribution in [2.45, 2.75) is 79.1 Å². The molecule has 0 aromatic heterocycles. The van der Waals surface area contributed by atoms with Gasteiger partial charge >= 0.3 is 8.60 Å². The van der Waals surface area contributed by atoms with Crippen LogP contribution in [-0.2, 0) is 0 Å². The average molecular weight is 479 g/mol. The van der Waals surface area contributed by atoms with Gasteiger partial charge in [-0.25, -0.2) is 0 Å². The fraction of sp³-hybridized carbons (Fsp3) is 0.400. The maximum atomic E-state index is 9.81. The van der Waals surface area contributed by atoms with Gasteiger partial charge in [-0.1, -0.05) is 104 Å². The summed E-state index contributed by atoms with van der Waals surface area (Å²) in [5, 5.41) is 0. The van der Waals surface area contributed by atoms with E-state index in [1.54, 1.807) is 0 Å². The third kappa shape index (κ3) is 5.71. The molecule has 182 valence electrons. The SMILES string of the molecule is CC(C)c1ccc(-c2cc(OP(O)O)c(C(C)C)c(-c3ccc(C(C)C)cc3)c2C(C)C)cc1. The molecule has 0 bridgehead atoms. The molecule has 0 aliphatic rings. The molecule has 0 radical (unpaired) electrons. The summed E-state index contributed by atoms with van der Waals surface area (Å²) in [7, 11) is -2.53. The van der Waals surface area contributed by atoms with Crippen LogP contribution in [0, 0.1) is 0 Å². The highest BCUT2D eigenvalue weighted by Gasteiger charge is 2.26. The molecule has 0 heterocycles. The Labute approximate surface area is 206 Å². The van der Waals surface area contributed by atoms with Gasteiger partial charge in [0.05, 0.1) is 0 Å². The topological polar surface area (TPSA) is 49.7 Å². The monoisotopic (exact) mass is 478 g/mol. The van der Waals surface area contributed by atoms with Crippen molar-refractivity contribution in [3.05, 3.63) is 76.9 Å². The molecule has 0 spiro atoms. The zero-order valence-electron chi connectivity index (χ0n) is 21.8. The second-order valence-corrected chi connectivity index (χ2v) is 11.0. The molecule has 0 aliphatic carbocycles. The number of hydrogen-bond acceptors (Lipinski definition) is 3. The predicted octanol–water partition coefficient (Wildman–Crippen LogP) is 9.10. The summed E-state index contributed by atoms with van der Waals surface area (Å²) < 4.78 is 5.67. The fourth-order valence-corrected chi connectivity index (χ4v) is 4.99. The summed E-state index contributed by atoms with van der Waals surface area (Å²) in [6, 6.07) is 19.5. The van der Waals surface area contributed by atoms with E-state index in [2.05, 4.69) is 104 Å². The molecule has 3 nitrogen and oxygen atoms in total. The Morgan fingerprint density at radius 3 is 1.41 bits per heavy atom. The molecule has 3 aromatic carbocycles. The van der Waals surface area contributed by atoms with Gasteiger partial charge in [0.1, 0.15) is 5.75 Å². The van der Waals surface area contributed by atoms with Crippen LogP contribution in [0.4, 0.5) is 0 Å². The molecule has 0 fully saturated rings. The fourth-order valence-electron chi connectivity index (χ4n) is 4.66. The van der Waals surface area contributed by atoms with E-state index < -0.39 is 8.60 Å². The standard InChI is InChI=1S/C30H39O3P/c1-18(2)22-9-13-24(14-10-22)26-17-27(33-34(31)32)29(21(7)8)30(28(26)20(5)6)25-15-11-23(12-16-25)19(3)4/h9-21,31-32H,1-8H3. The number of hydrogen-bond donors (Lipinski definition) is 2. The van der Waals surface area contributed by atoms with E-state index in [1.807, 2.05) is 6.07 Å². The van der Waals surface area contributed by atoms with Crippen molar-refractivity contribution < 1.29 is 14.3 Å². The molecule has 0 saturated heterocycles. The lowest BCUT2D eigenvalue weighted by Crippen LogP contribution is -2.06. The minimum absolute atomic E-state index is 0.139. The minimum atomic E-state index is -2.53. The molecule has 0 aliphatic heterocycles. The van der Waals surface area contributed by atoms with Gasteiger partial charge in [0.15, 0.2) is 0 Å². The Morgan fingerprint density at radius 1 is 0.588 bits per heavy atom. The molecular weight excluding hydrogens is 439 g/mol. The Morgan fingerprint density at radius 2 is 1.03 bits per heavy atom. The van der Waals surface area contributed by atoms with Gasteiger partial charge in [0, 0.05) is 5.56 Å². The highest BCUT2D eigenvalue weighted by molar-refractivity contribution is 7.39. The molecule has 0 unspecified atom stereocenters. The number of benzene rings is 3. The van der Waals surface area contributed by atoms with E-state index in [-0.39, 0.29) is 11.8 Å². The van der Waals surface area contributed by atoms with Crippen molar-refractivity contribution in [2.24, 2.45) is 0 Å². The van der Waals surface area contributed by atoms with Crippen molar-refractivity contribution in [3.63, 3.8) is 0 Å². The lowest BCUT2D eigenvalue weighted by atomic mass is 9.79. The molecule has 4 heteroatoms. The van der Waals surface area contributed by atoms with Gasteiger partial charge in [-0.3, -0.25) is 0 Å². The third-order valence-corrected chi connectivity index (χ3v) is 6.82. The normalized spacial score (nSPS) is 12.0. The van der Waals surface area contributed by atoms with E-state index in [0.29, 0.717) is 17.6 Å². The Hall–Kier alpha value is -2.19. The van der Waals surface area contributed by atoms with E-state index >= 15 is 0 Å². The van der Waals surface area contributed by atoms with E-state index in [4.69, 9.17) is 4.52 Å². The van der Waals surface area contributed by atoms with Crippen LogP contribution in [0.3, 0.4) is 0 Å². The Kier molecular flexibility index (Phi) is 8.57. The quantitative estimate of drug-likeness (QED) is 0.317. The molecule has 0 saturated carbocycles. The van der Waals surface area contributed by atoms with Crippen LogP contribution < -0.4 is 4.52 Å². The largest absolute Gasteiger partial charge is 0.427 e.